The van der Waals surface area contributed by atoms with Crippen LogP contribution in [0.5, 0.6) is 0 Å². The summed E-state index contributed by atoms with van der Waals surface area (Å²) in [6.07, 6.45) is 4.06. The van der Waals surface area contributed by atoms with Crippen molar-refractivity contribution in [2.24, 2.45) is 11.7 Å². The summed E-state index contributed by atoms with van der Waals surface area (Å²) < 4.78 is 0.972. The normalized spacial score (nSPS) is 19.4. The van der Waals surface area contributed by atoms with Crippen molar-refractivity contribution in [2.75, 3.05) is 12.4 Å². The Morgan fingerprint density at radius 3 is 2.81 bits per heavy atom. The van der Waals surface area contributed by atoms with Crippen LogP contribution < -0.4 is 5.73 Å². The zero-order valence-electron chi connectivity index (χ0n) is 8.90. The van der Waals surface area contributed by atoms with Crippen molar-refractivity contribution in [1.29, 1.82) is 0 Å². The quantitative estimate of drug-likeness (QED) is 0.817. The van der Waals surface area contributed by atoms with Gasteiger partial charge >= 0.3 is 0 Å². The molecule has 1 aliphatic rings. The van der Waals surface area contributed by atoms with Gasteiger partial charge in [0.1, 0.15) is 0 Å². The minimum absolute atomic E-state index is 0.0567. The van der Waals surface area contributed by atoms with Crippen LogP contribution in [-0.4, -0.2) is 28.0 Å². The molecule has 1 aromatic heterocycles. The van der Waals surface area contributed by atoms with Crippen molar-refractivity contribution < 1.29 is 5.11 Å². The van der Waals surface area contributed by atoms with Gasteiger partial charge in [-0.15, -0.1) is 11.8 Å². The van der Waals surface area contributed by atoms with E-state index >= 15 is 0 Å². The van der Waals surface area contributed by atoms with E-state index in [1.165, 1.54) is 0 Å². The van der Waals surface area contributed by atoms with E-state index in [2.05, 4.69) is 20.9 Å². The molecular formula is C11H15BrN2OS. The first-order valence-electron chi connectivity index (χ1n) is 5.28. The number of hydrogen-bond acceptors (Lipinski definition) is 4. The van der Waals surface area contributed by atoms with Crippen LogP contribution in [-0.2, 0) is 0 Å². The summed E-state index contributed by atoms with van der Waals surface area (Å²) in [5, 5.41) is 10.3. The predicted octanol–water partition coefficient (Wildman–Crippen LogP) is 2.04. The highest BCUT2D eigenvalue weighted by Crippen LogP contribution is 2.40. The highest BCUT2D eigenvalue weighted by molar-refractivity contribution is 9.10. The lowest BCUT2D eigenvalue weighted by Gasteiger charge is -2.26. The number of thioether (sulfide) groups is 1. The van der Waals surface area contributed by atoms with Crippen LogP contribution in [0, 0.1) is 5.92 Å². The van der Waals surface area contributed by atoms with E-state index in [0.717, 1.165) is 28.1 Å². The molecule has 0 spiro atoms. The number of aromatic nitrogens is 1. The molecule has 1 saturated carbocycles. The summed E-state index contributed by atoms with van der Waals surface area (Å²) in [7, 11) is 0. The highest BCUT2D eigenvalue weighted by atomic mass is 79.9. The number of pyridine rings is 1. The van der Waals surface area contributed by atoms with Crippen LogP contribution >= 0.6 is 27.7 Å². The molecule has 0 aliphatic heterocycles. The van der Waals surface area contributed by atoms with E-state index in [0.29, 0.717) is 5.92 Å². The second kappa shape index (κ2) is 5.04. The number of halogens is 1. The summed E-state index contributed by atoms with van der Waals surface area (Å²) in [4.78, 5) is 4.27. The average Bonchev–Trinajstić information content (AvgIpc) is 3.12. The molecular weight excluding hydrogens is 288 g/mol. The van der Waals surface area contributed by atoms with Gasteiger partial charge in [-0.3, -0.25) is 0 Å². The zero-order chi connectivity index (χ0) is 11.6. The van der Waals surface area contributed by atoms with Gasteiger partial charge in [-0.2, -0.15) is 0 Å². The van der Waals surface area contributed by atoms with E-state index in [9.17, 15) is 5.11 Å². The third kappa shape index (κ3) is 2.97. The van der Waals surface area contributed by atoms with Crippen molar-refractivity contribution in [2.45, 2.75) is 23.4 Å². The predicted molar refractivity (Wildman–Crippen MR) is 69.4 cm³/mol. The first kappa shape index (κ1) is 12.4. The molecule has 88 valence electrons. The second-order valence-corrected chi connectivity index (χ2v) is 6.18. The maximum absolute atomic E-state index is 9.35. The largest absolute Gasteiger partial charge is 0.394 e. The Bertz CT molecular complexity index is 356. The summed E-state index contributed by atoms with van der Waals surface area (Å²) in [5.41, 5.74) is 5.74. The van der Waals surface area contributed by atoms with Gasteiger partial charge in [0, 0.05) is 16.4 Å². The van der Waals surface area contributed by atoms with E-state index in [1.807, 2.05) is 12.1 Å². The molecule has 2 rings (SSSR count). The molecule has 1 heterocycles. The van der Waals surface area contributed by atoms with Crippen LogP contribution in [0.3, 0.4) is 0 Å². The molecule has 0 amide bonds. The van der Waals surface area contributed by atoms with Gasteiger partial charge in [0.25, 0.3) is 0 Å². The van der Waals surface area contributed by atoms with Gasteiger partial charge in [-0.25, -0.2) is 4.98 Å². The molecule has 16 heavy (non-hydrogen) atoms. The Morgan fingerprint density at radius 2 is 2.31 bits per heavy atom. The van der Waals surface area contributed by atoms with E-state index < -0.39 is 5.54 Å². The fourth-order valence-electron chi connectivity index (χ4n) is 1.61. The molecule has 3 N–H and O–H groups in total. The topological polar surface area (TPSA) is 59.1 Å². The van der Waals surface area contributed by atoms with E-state index in [-0.39, 0.29) is 6.61 Å². The van der Waals surface area contributed by atoms with Crippen LogP contribution in [0.1, 0.15) is 12.8 Å². The molecule has 0 saturated heterocycles. The molecule has 1 atom stereocenters. The minimum Gasteiger partial charge on any atom is -0.394 e. The van der Waals surface area contributed by atoms with E-state index in [4.69, 9.17) is 5.73 Å². The van der Waals surface area contributed by atoms with Crippen LogP contribution in [0.25, 0.3) is 0 Å². The van der Waals surface area contributed by atoms with Crippen molar-refractivity contribution in [1.82, 2.24) is 4.98 Å². The lowest BCUT2D eigenvalue weighted by Crippen LogP contribution is -2.48. The number of nitrogens with two attached hydrogens (primary N) is 1. The van der Waals surface area contributed by atoms with Crippen molar-refractivity contribution >= 4 is 27.7 Å². The van der Waals surface area contributed by atoms with Crippen molar-refractivity contribution in [3.8, 4) is 0 Å². The molecule has 1 aromatic rings. The first-order valence-corrected chi connectivity index (χ1v) is 7.06. The van der Waals surface area contributed by atoms with Crippen molar-refractivity contribution in [3.63, 3.8) is 0 Å². The Morgan fingerprint density at radius 1 is 1.56 bits per heavy atom. The second-order valence-electron chi connectivity index (χ2n) is 4.27. The smallest absolute Gasteiger partial charge is 0.0961 e. The molecule has 0 radical (unpaired) electrons. The molecule has 1 aliphatic carbocycles. The monoisotopic (exact) mass is 302 g/mol. The molecule has 1 unspecified atom stereocenters. The highest BCUT2D eigenvalue weighted by Gasteiger charge is 2.41. The standard InChI is InChI=1S/C11H15BrN2OS/c12-9-3-4-10(14-5-9)16-7-11(13,6-15)8-1-2-8/h3-5,8,15H,1-2,6-7,13H2. The number of hydrogen-bond donors (Lipinski definition) is 2. The zero-order valence-corrected chi connectivity index (χ0v) is 11.3. The lowest BCUT2D eigenvalue weighted by atomic mass is 9.99. The SMILES string of the molecule is NC(CO)(CSc1ccc(Br)cn1)C1CC1. The maximum Gasteiger partial charge on any atom is 0.0961 e. The van der Waals surface area contributed by atoms with Gasteiger partial charge < -0.3 is 10.8 Å². The Kier molecular flexibility index (Phi) is 3.89. The number of rotatable bonds is 5. The number of aliphatic hydroxyl groups is 1. The molecule has 5 heteroatoms. The number of nitrogens with zero attached hydrogens (tertiary/aromatic N) is 1. The first-order chi connectivity index (χ1) is 7.64. The molecule has 0 aromatic carbocycles. The van der Waals surface area contributed by atoms with Gasteiger partial charge in [-0.05, 0) is 46.8 Å². The third-order valence-corrected chi connectivity index (χ3v) is 4.56. The average molecular weight is 303 g/mol. The molecule has 3 nitrogen and oxygen atoms in total. The van der Waals surface area contributed by atoms with Crippen LogP contribution in [0.2, 0.25) is 0 Å². The van der Waals surface area contributed by atoms with Crippen LogP contribution in [0.4, 0.5) is 0 Å². The fourth-order valence-corrected chi connectivity index (χ4v) is 2.88. The fraction of sp³-hybridized carbons (Fsp3) is 0.545. The lowest BCUT2D eigenvalue weighted by molar-refractivity contribution is 0.194. The molecule has 0 bridgehead atoms. The number of aliphatic hydroxyl groups excluding tert-OH is 1. The maximum atomic E-state index is 9.35. The Hall–Kier alpha value is -0.100. The Balaban J connectivity index is 1.92. The summed E-state index contributed by atoms with van der Waals surface area (Å²) >= 11 is 4.96. The van der Waals surface area contributed by atoms with Gasteiger partial charge in [-0.1, -0.05) is 0 Å². The summed E-state index contributed by atoms with van der Waals surface area (Å²) in [5.74, 6) is 1.21. The summed E-state index contributed by atoms with van der Waals surface area (Å²) in [6.45, 7) is 0.0567. The van der Waals surface area contributed by atoms with Crippen molar-refractivity contribution in [3.05, 3.63) is 22.8 Å². The van der Waals surface area contributed by atoms with Gasteiger partial charge in [0.05, 0.1) is 17.2 Å². The summed E-state index contributed by atoms with van der Waals surface area (Å²) in [6, 6.07) is 3.92. The molecule has 1 fully saturated rings. The van der Waals surface area contributed by atoms with Gasteiger partial charge in [0.15, 0.2) is 0 Å². The van der Waals surface area contributed by atoms with Gasteiger partial charge in [0.2, 0.25) is 0 Å². The Labute approximate surface area is 108 Å². The van der Waals surface area contributed by atoms with E-state index in [1.54, 1.807) is 18.0 Å². The third-order valence-electron chi connectivity index (χ3n) is 2.87. The van der Waals surface area contributed by atoms with Crippen LogP contribution in [0.15, 0.2) is 27.8 Å². The minimum atomic E-state index is -0.431.